The van der Waals surface area contributed by atoms with Gasteiger partial charge in [0.1, 0.15) is 0 Å². The van der Waals surface area contributed by atoms with Crippen LogP contribution in [0.15, 0.2) is 36.4 Å². The molecular weight excluding hydrogens is 304 g/mol. The van der Waals surface area contributed by atoms with E-state index in [0.717, 1.165) is 29.0 Å². The van der Waals surface area contributed by atoms with E-state index in [4.69, 9.17) is 9.47 Å². The maximum absolute atomic E-state index is 12.5. The largest absolute Gasteiger partial charge is 0.493 e. The van der Waals surface area contributed by atoms with E-state index in [1.807, 2.05) is 48.2 Å². The zero-order chi connectivity index (χ0) is 17.1. The Morgan fingerprint density at radius 2 is 1.79 bits per heavy atom. The third kappa shape index (κ3) is 3.30. The second-order valence-electron chi connectivity index (χ2n) is 5.95. The monoisotopic (exact) mass is 326 g/mol. The van der Waals surface area contributed by atoms with Crippen LogP contribution in [0.3, 0.4) is 0 Å². The highest BCUT2D eigenvalue weighted by molar-refractivity contribution is 5.89. The Labute approximate surface area is 142 Å². The Bertz CT molecular complexity index is 758. The van der Waals surface area contributed by atoms with Crippen molar-refractivity contribution in [2.24, 2.45) is 0 Å². The molecule has 0 bridgehead atoms. The molecule has 2 aromatic carbocycles. The molecule has 0 aromatic heterocycles. The number of methoxy groups -OCH3 is 2. The summed E-state index contributed by atoms with van der Waals surface area (Å²) in [5.41, 5.74) is 4.23. The Hall–Kier alpha value is -2.69. The molecule has 1 N–H and O–H groups in total. The van der Waals surface area contributed by atoms with E-state index in [9.17, 15) is 4.79 Å². The highest BCUT2D eigenvalue weighted by Crippen LogP contribution is 2.33. The molecule has 0 saturated heterocycles. The molecule has 24 heavy (non-hydrogen) atoms. The van der Waals surface area contributed by atoms with Crippen LogP contribution in [0.25, 0.3) is 0 Å². The number of nitrogens with one attached hydrogen (secondary N) is 1. The standard InChI is InChI=1S/C19H22N2O3/c1-13-5-4-6-16(9-13)20-19(22)21-8-7-14-10-17(23-2)18(24-3)11-15(14)12-21/h4-6,9-11H,7-8,12H2,1-3H3,(H,20,22). The highest BCUT2D eigenvalue weighted by atomic mass is 16.5. The minimum Gasteiger partial charge on any atom is -0.493 e. The summed E-state index contributed by atoms with van der Waals surface area (Å²) in [6, 6.07) is 11.7. The third-order valence-corrected chi connectivity index (χ3v) is 4.27. The molecule has 1 aliphatic rings. The van der Waals surface area contributed by atoms with Crippen molar-refractivity contribution in [3.63, 3.8) is 0 Å². The van der Waals surface area contributed by atoms with Gasteiger partial charge in [0.05, 0.1) is 14.2 Å². The smallest absolute Gasteiger partial charge is 0.322 e. The first-order chi connectivity index (χ1) is 11.6. The van der Waals surface area contributed by atoms with Crippen molar-refractivity contribution in [2.75, 3.05) is 26.1 Å². The number of urea groups is 1. The van der Waals surface area contributed by atoms with E-state index >= 15 is 0 Å². The minimum absolute atomic E-state index is 0.0824. The molecule has 5 nitrogen and oxygen atoms in total. The molecule has 126 valence electrons. The second-order valence-corrected chi connectivity index (χ2v) is 5.95. The van der Waals surface area contributed by atoms with Gasteiger partial charge in [-0.2, -0.15) is 0 Å². The van der Waals surface area contributed by atoms with Crippen LogP contribution in [-0.4, -0.2) is 31.7 Å². The van der Waals surface area contributed by atoms with Gasteiger partial charge in [-0.3, -0.25) is 0 Å². The Kier molecular flexibility index (Phi) is 4.60. The Morgan fingerprint density at radius 3 is 2.46 bits per heavy atom. The summed E-state index contributed by atoms with van der Waals surface area (Å²) in [5.74, 6) is 1.42. The maximum atomic E-state index is 12.5. The number of anilines is 1. The van der Waals surface area contributed by atoms with Crippen molar-refractivity contribution in [3.8, 4) is 11.5 Å². The predicted molar refractivity (Wildman–Crippen MR) is 93.9 cm³/mol. The fraction of sp³-hybridized carbons (Fsp3) is 0.316. The lowest BCUT2D eigenvalue weighted by atomic mass is 9.99. The predicted octanol–water partition coefficient (Wildman–Crippen LogP) is 3.60. The molecule has 0 atom stereocenters. The number of rotatable bonds is 3. The number of carbonyl (C=O) groups excluding carboxylic acids is 1. The van der Waals surface area contributed by atoms with Gasteiger partial charge in [-0.05, 0) is 54.3 Å². The Morgan fingerprint density at radius 1 is 1.08 bits per heavy atom. The van der Waals surface area contributed by atoms with Gasteiger partial charge in [-0.1, -0.05) is 12.1 Å². The normalized spacial score (nSPS) is 13.2. The van der Waals surface area contributed by atoms with Crippen molar-refractivity contribution >= 4 is 11.7 Å². The summed E-state index contributed by atoms with van der Waals surface area (Å²) in [4.78, 5) is 14.3. The van der Waals surface area contributed by atoms with E-state index < -0.39 is 0 Å². The summed E-state index contributed by atoms with van der Waals surface area (Å²) in [5, 5.41) is 2.97. The third-order valence-electron chi connectivity index (χ3n) is 4.27. The fourth-order valence-electron chi connectivity index (χ4n) is 2.98. The molecule has 2 aromatic rings. The zero-order valence-electron chi connectivity index (χ0n) is 14.3. The van der Waals surface area contributed by atoms with Crippen molar-refractivity contribution in [1.29, 1.82) is 0 Å². The average Bonchev–Trinajstić information content (AvgIpc) is 2.59. The number of fused-ring (bicyclic) bond motifs is 1. The molecule has 5 heteroatoms. The van der Waals surface area contributed by atoms with E-state index in [1.165, 1.54) is 5.56 Å². The number of aryl methyl sites for hydroxylation is 1. The molecule has 1 aliphatic heterocycles. The van der Waals surface area contributed by atoms with Gasteiger partial charge in [0, 0.05) is 18.8 Å². The van der Waals surface area contributed by atoms with Gasteiger partial charge in [-0.15, -0.1) is 0 Å². The molecule has 0 fully saturated rings. The lowest BCUT2D eigenvalue weighted by Crippen LogP contribution is -2.38. The molecule has 0 spiro atoms. The van der Waals surface area contributed by atoms with E-state index in [1.54, 1.807) is 14.2 Å². The maximum Gasteiger partial charge on any atom is 0.322 e. The van der Waals surface area contributed by atoms with Crippen LogP contribution in [0.4, 0.5) is 10.5 Å². The van der Waals surface area contributed by atoms with Gasteiger partial charge in [-0.25, -0.2) is 4.79 Å². The number of amides is 2. The van der Waals surface area contributed by atoms with Gasteiger partial charge in [0.2, 0.25) is 0 Å². The van der Waals surface area contributed by atoms with E-state index in [2.05, 4.69) is 5.32 Å². The van der Waals surface area contributed by atoms with Gasteiger partial charge >= 0.3 is 6.03 Å². The highest BCUT2D eigenvalue weighted by Gasteiger charge is 2.22. The summed E-state index contributed by atoms with van der Waals surface area (Å²) < 4.78 is 10.7. The lowest BCUT2D eigenvalue weighted by Gasteiger charge is -2.29. The molecule has 0 unspecified atom stereocenters. The molecule has 0 saturated carbocycles. The summed E-state index contributed by atoms with van der Waals surface area (Å²) in [6.45, 7) is 3.25. The van der Waals surface area contributed by atoms with Crippen LogP contribution in [0, 0.1) is 6.92 Å². The minimum atomic E-state index is -0.0824. The van der Waals surface area contributed by atoms with Crippen LogP contribution in [0.2, 0.25) is 0 Å². The zero-order valence-corrected chi connectivity index (χ0v) is 14.3. The number of hydrogen-bond acceptors (Lipinski definition) is 3. The van der Waals surface area contributed by atoms with Crippen molar-refractivity contribution in [3.05, 3.63) is 53.1 Å². The summed E-state index contributed by atoms with van der Waals surface area (Å²) >= 11 is 0. The fourth-order valence-corrected chi connectivity index (χ4v) is 2.98. The lowest BCUT2D eigenvalue weighted by molar-refractivity contribution is 0.206. The summed E-state index contributed by atoms with van der Waals surface area (Å²) in [7, 11) is 3.25. The molecule has 1 heterocycles. The molecule has 0 radical (unpaired) electrons. The first-order valence-corrected chi connectivity index (χ1v) is 7.97. The first-order valence-electron chi connectivity index (χ1n) is 7.97. The van der Waals surface area contributed by atoms with Gasteiger partial charge in [0.25, 0.3) is 0 Å². The van der Waals surface area contributed by atoms with Crippen molar-refractivity contribution < 1.29 is 14.3 Å². The van der Waals surface area contributed by atoms with Crippen LogP contribution >= 0.6 is 0 Å². The number of hydrogen-bond donors (Lipinski definition) is 1. The molecule has 3 rings (SSSR count). The van der Waals surface area contributed by atoms with Gasteiger partial charge in [0.15, 0.2) is 11.5 Å². The van der Waals surface area contributed by atoms with E-state index in [-0.39, 0.29) is 6.03 Å². The molecule has 0 aliphatic carbocycles. The van der Waals surface area contributed by atoms with Crippen LogP contribution < -0.4 is 14.8 Å². The number of benzene rings is 2. The summed E-state index contributed by atoms with van der Waals surface area (Å²) in [6.07, 6.45) is 0.803. The van der Waals surface area contributed by atoms with Gasteiger partial charge < -0.3 is 19.7 Å². The topological polar surface area (TPSA) is 50.8 Å². The van der Waals surface area contributed by atoms with Crippen LogP contribution in [-0.2, 0) is 13.0 Å². The molecular formula is C19H22N2O3. The van der Waals surface area contributed by atoms with Crippen molar-refractivity contribution in [1.82, 2.24) is 4.90 Å². The number of nitrogens with zero attached hydrogens (tertiary/aromatic N) is 1. The van der Waals surface area contributed by atoms with Crippen LogP contribution in [0.5, 0.6) is 11.5 Å². The van der Waals surface area contributed by atoms with E-state index in [0.29, 0.717) is 18.8 Å². The number of ether oxygens (including phenoxy) is 2. The Balaban J connectivity index is 1.75. The van der Waals surface area contributed by atoms with Crippen molar-refractivity contribution in [2.45, 2.75) is 19.9 Å². The van der Waals surface area contributed by atoms with Crippen LogP contribution in [0.1, 0.15) is 16.7 Å². The number of carbonyl (C=O) groups is 1. The SMILES string of the molecule is COc1cc2c(cc1OC)CN(C(=O)Nc1cccc(C)c1)CC2. The second kappa shape index (κ2) is 6.83. The quantitative estimate of drug-likeness (QED) is 0.937. The average molecular weight is 326 g/mol. The first kappa shape index (κ1) is 16.2. The molecule has 2 amide bonds.